The second-order valence-corrected chi connectivity index (χ2v) is 4.72. The van der Waals surface area contributed by atoms with Crippen molar-refractivity contribution in [3.63, 3.8) is 0 Å². The average Bonchev–Trinajstić information content (AvgIpc) is 2.55. The van der Waals surface area contributed by atoms with E-state index in [2.05, 4.69) is 28.9 Å². The minimum Gasteiger partial charge on any atom is -0.351 e. The molecule has 104 valence electrons. The molecule has 1 aromatic heterocycles. The molecule has 0 atom stereocenters. The van der Waals surface area contributed by atoms with E-state index in [0.29, 0.717) is 23.5 Å². The second-order valence-electron chi connectivity index (χ2n) is 4.72. The lowest BCUT2D eigenvalue weighted by molar-refractivity contribution is 0.753. The highest BCUT2D eigenvalue weighted by Gasteiger charge is 2.12. The molecule has 21 heavy (non-hydrogen) atoms. The van der Waals surface area contributed by atoms with Gasteiger partial charge in [0.15, 0.2) is 0 Å². The van der Waals surface area contributed by atoms with Crippen LogP contribution in [0.4, 0.5) is 5.82 Å². The molecule has 2 aromatic rings. The van der Waals surface area contributed by atoms with Crippen LogP contribution in [0.25, 0.3) is 0 Å². The van der Waals surface area contributed by atoms with Gasteiger partial charge in [0.05, 0.1) is 17.2 Å². The molecule has 1 heterocycles. The number of aromatic nitrogens is 1. The summed E-state index contributed by atoms with van der Waals surface area (Å²) in [5.74, 6) is 0.714. The first-order chi connectivity index (χ1) is 10.3. The maximum absolute atomic E-state index is 9.22. The van der Waals surface area contributed by atoms with Crippen molar-refractivity contribution < 1.29 is 0 Å². The van der Waals surface area contributed by atoms with Crippen LogP contribution in [0.15, 0.2) is 42.6 Å². The van der Waals surface area contributed by atoms with E-state index in [-0.39, 0.29) is 0 Å². The van der Waals surface area contributed by atoms with Crippen LogP contribution in [-0.4, -0.2) is 11.5 Å². The van der Waals surface area contributed by atoms with E-state index in [1.807, 2.05) is 24.3 Å². The highest BCUT2D eigenvalue weighted by molar-refractivity contribution is 5.53. The summed E-state index contributed by atoms with van der Waals surface area (Å²) >= 11 is 0. The fourth-order valence-electron chi connectivity index (χ4n) is 2.17. The first-order valence-corrected chi connectivity index (χ1v) is 6.87. The van der Waals surface area contributed by atoms with Crippen molar-refractivity contribution in [2.75, 3.05) is 11.4 Å². The van der Waals surface area contributed by atoms with Crippen molar-refractivity contribution in [1.82, 2.24) is 4.98 Å². The molecule has 0 spiro atoms. The van der Waals surface area contributed by atoms with E-state index in [1.165, 1.54) is 0 Å². The average molecular weight is 276 g/mol. The van der Waals surface area contributed by atoms with Gasteiger partial charge in [0.2, 0.25) is 0 Å². The van der Waals surface area contributed by atoms with Crippen molar-refractivity contribution in [3.8, 4) is 12.1 Å². The first-order valence-electron chi connectivity index (χ1n) is 6.87. The van der Waals surface area contributed by atoms with Gasteiger partial charge in [-0.25, -0.2) is 4.98 Å². The van der Waals surface area contributed by atoms with Gasteiger partial charge in [-0.15, -0.1) is 0 Å². The fraction of sp³-hybridized carbons (Fsp3) is 0.235. The number of nitriles is 2. The zero-order valence-corrected chi connectivity index (χ0v) is 12.0. The molecular formula is C17H16N4. The van der Waals surface area contributed by atoms with Crippen LogP contribution in [0.5, 0.6) is 0 Å². The lowest BCUT2D eigenvalue weighted by Gasteiger charge is -2.24. The minimum absolute atomic E-state index is 0.583. The Morgan fingerprint density at radius 2 is 1.86 bits per heavy atom. The lowest BCUT2D eigenvalue weighted by Crippen LogP contribution is -2.25. The molecule has 0 fully saturated rings. The standard InChI is InChI=1S/C17H16N4/c1-2-10-21(17-16(12-19)4-3-9-20-17)13-15-7-5-14(11-18)6-8-15/h3-9H,2,10,13H2,1H3. The molecule has 0 saturated carbocycles. The van der Waals surface area contributed by atoms with Gasteiger partial charge >= 0.3 is 0 Å². The SMILES string of the molecule is CCCN(Cc1ccc(C#N)cc1)c1ncccc1C#N. The number of pyridine rings is 1. The number of hydrogen-bond donors (Lipinski definition) is 0. The van der Waals surface area contributed by atoms with Crippen LogP contribution in [0.2, 0.25) is 0 Å². The van der Waals surface area contributed by atoms with Crippen molar-refractivity contribution in [2.24, 2.45) is 0 Å². The van der Waals surface area contributed by atoms with Crippen molar-refractivity contribution in [3.05, 3.63) is 59.3 Å². The van der Waals surface area contributed by atoms with E-state index >= 15 is 0 Å². The molecule has 4 nitrogen and oxygen atoms in total. The van der Waals surface area contributed by atoms with Gasteiger partial charge in [0.1, 0.15) is 11.9 Å². The Hall–Kier alpha value is -2.85. The molecule has 0 aliphatic rings. The third kappa shape index (κ3) is 3.58. The Balaban J connectivity index is 2.27. The molecule has 0 N–H and O–H groups in total. The zero-order valence-electron chi connectivity index (χ0n) is 12.0. The van der Waals surface area contributed by atoms with E-state index in [4.69, 9.17) is 5.26 Å². The predicted octanol–water partition coefficient (Wildman–Crippen LogP) is 3.24. The molecule has 1 aromatic carbocycles. The molecule has 0 aliphatic heterocycles. The normalized spacial score (nSPS) is 9.67. The van der Waals surface area contributed by atoms with Crippen LogP contribution in [0.1, 0.15) is 30.0 Å². The summed E-state index contributed by atoms with van der Waals surface area (Å²) < 4.78 is 0. The summed E-state index contributed by atoms with van der Waals surface area (Å²) in [6.45, 7) is 3.59. The maximum Gasteiger partial charge on any atom is 0.146 e. The second kappa shape index (κ2) is 7.07. The topological polar surface area (TPSA) is 63.7 Å². The summed E-state index contributed by atoms with van der Waals surface area (Å²) in [6.07, 6.45) is 2.68. The van der Waals surface area contributed by atoms with E-state index in [1.54, 1.807) is 18.3 Å². The van der Waals surface area contributed by atoms with Crippen molar-refractivity contribution in [2.45, 2.75) is 19.9 Å². The number of anilines is 1. The number of rotatable bonds is 5. The quantitative estimate of drug-likeness (QED) is 0.841. The van der Waals surface area contributed by atoms with E-state index in [0.717, 1.165) is 18.5 Å². The molecule has 0 saturated heterocycles. The third-order valence-electron chi connectivity index (χ3n) is 3.16. The summed E-state index contributed by atoms with van der Waals surface area (Å²) in [6, 6.07) is 15.4. The monoisotopic (exact) mass is 276 g/mol. The highest BCUT2D eigenvalue weighted by atomic mass is 15.2. The van der Waals surface area contributed by atoms with Crippen molar-refractivity contribution in [1.29, 1.82) is 10.5 Å². The Bertz CT molecular complexity index is 677. The molecular weight excluding hydrogens is 260 g/mol. The van der Waals surface area contributed by atoms with Gasteiger partial charge in [-0.3, -0.25) is 0 Å². The van der Waals surface area contributed by atoms with Gasteiger partial charge in [0.25, 0.3) is 0 Å². The summed E-state index contributed by atoms with van der Waals surface area (Å²) in [7, 11) is 0. The van der Waals surface area contributed by atoms with Gasteiger partial charge in [-0.1, -0.05) is 19.1 Å². The highest BCUT2D eigenvalue weighted by Crippen LogP contribution is 2.19. The maximum atomic E-state index is 9.22. The Morgan fingerprint density at radius 1 is 1.10 bits per heavy atom. The number of hydrogen-bond acceptors (Lipinski definition) is 4. The van der Waals surface area contributed by atoms with Crippen LogP contribution < -0.4 is 4.90 Å². The van der Waals surface area contributed by atoms with Crippen LogP contribution in [-0.2, 0) is 6.54 Å². The minimum atomic E-state index is 0.583. The third-order valence-corrected chi connectivity index (χ3v) is 3.16. The molecule has 0 unspecified atom stereocenters. The number of benzene rings is 1. The van der Waals surface area contributed by atoms with Crippen molar-refractivity contribution >= 4 is 5.82 Å². The summed E-state index contributed by atoms with van der Waals surface area (Å²) in [5, 5.41) is 18.1. The van der Waals surface area contributed by atoms with Gasteiger partial charge in [0, 0.05) is 19.3 Å². The predicted molar refractivity (Wildman–Crippen MR) is 81.5 cm³/mol. The van der Waals surface area contributed by atoms with Crippen LogP contribution in [0.3, 0.4) is 0 Å². The molecule has 2 rings (SSSR count). The van der Waals surface area contributed by atoms with E-state index in [9.17, 15) is 5.26 Å². The smallest absolute Gasteiger partial charge is 0.146 e. The van der Waals surface area contributed by atoms with Crippen LogP contribution >= 0.6 is 0 Å². The molecule has 4 heteroatoms. The molecule has 0 amide bonds. The van der Waals surface area contributed by atoms with Gasteiger partial charge in [-0.05, 0) is 36.2 Å². The molecule has 0 radical (unpaired) electrons. The lowest BCUT2D eigenvalue weighted by atomic mass is 10.1. The molecule has 0 aliphatic carbocycles. The van der Waals surface area contributed by atoms with E-state index < -0.39 is 0 Å². The van der Waals surface area contributed by atoms with Gasteiger partial charge < -0.3 is 4.90 Å². The Morgan fingerprint density at radius 3 is 2.48 bits per heavy atom. The largest absolute Gasteiger partial charge is 0.351 e. The Kier molecular flexibility index (Phi) is 4.90. The van der Waals surface area contributed by atoms with Gasteiger partial charge in [-0.2, -0.15) is 10.5 Å². The summed E-state index contributed by atoms with van der Waals surface area (Å²) in [5.41, 5.74) is 2.33. The number of nitrogens with zero attached hydrogens (tertiary/aromatic N) is 4. The fourth-order valence-corrected chi connectivity index (χ4v) is 2.17. The molecule has 0 bridgehead atoms. The summed E-state index contributed by atoms with van der Waals surface area (Å²) in [4.78, 5) is 6.45. The zero-order chi connectivity index (χ0) is 15.1. The Labute approximate surface area is 124 Å². The van der Waals surface area contributed by atoms with Crippen LogP contribution in [0, 0.1) is 22.7 Å². The first kappa shape index (κ1) is 14.6.